The quantitative estimate of drug-likeness (QED) is 0.793. The van der Waals surface area contributed by atoms with Gasteiger partial charge in [-0.2, -0.15) is 5.10 Å². The van der Waals surface area contributed by atoms with Gasteiger partial charge in [0.05, 0.1) is 11.7 Å². The molecule has 1 unspecified atom stereocenters. The molecule has 0 saturated heterocycles. The second kappa shape index (κ2) is 5.80. The van der Waals surface area contributed by atoms with E-state index in [0.717, 1.165) is 38.1 Å². The maximum absolute atomic E-state index is 10.6. The van der Waals surface area contributed by atoms with E-state index in [1.54, 1.807) is 4.68 Å². The standard InChI is InChI=1S/C13H23N3O2/c1-2-16-12(14-10-15-16)9-11(17)13(18)7-5-3-4-6-8-13/h10-11,17-18H,2-9H2,1H3. The van der Waals surface area contributed by atoms with Crippen LogP contribution in [0.15, 0.2) is 6.33 Å². The van der Waals surface area contributed by atoms with Crippen molar-refractivity contribution in [1.29, 1.82) is 0 Å². The average molecular weight is 253 g/mol. The third-order valence-electron chi connectivity index (χ3n) is 3.96. The molecule has 0 radical (unpaired) electrons. The van der Waals surface area contributed by atoms with Crippen molar-refractivity contribution in [3.05, 3.63) is 12.2 Å². The number of hydrogen-bond donors (Lipinski definition) is 2. The molecule has 2 N–H and O–H groups in total. The largest absolute Gasteiger partial charge is 0.390 e. The minimum atomic E-state index is -0.943. The van der Waals surface area contributed by atoms with Gasteiger partial charge in [0.15, 0.2) is 0 Å². The fourth-order valence-corrected chi connectivity index (χ4v) is 2.75. The van der Waals surface area contributed by atoms with Gasteiger partial charge in [-0.3, -0.25) is 4.68 Å². The molecule has 1 aliphatic rings. The highest BCUT2D eigenvalue weighted by Gasteiger charge is 2.36. The Bertz CT molecular complexity index is 370. The van der Waals surface area contributed by atoms with Crippen LogP contribution in [0.25, 0.3) is 0 Å². The summed E-state index contributed by atoms with van der Waals surface area (Å²) in [6.45, 7) is 2.73. The highest BCUT2D eigenvalue weighted by Crippen LogP contribution is 2.31. The number of hydrogen-bond acceptors (Lipinski definition) is 4. The van der Waals surface area contributed by atoms with E-state index in [9.17, 15) is 10.2 Å². The van der Waals surface area contributed by atoms with Crippen molar-refractivity contribution in [1.82, 2.24) is 14.8 Å². The van der Waals surface area contributed by atoms with Crippen LogP contribution in [-0.4, -0.2) is 36.7 Å². The van der Waals surface area contributed by atoms with Crippen molar-refractivity contribution in [2.75, 3.05) is 0 Å². The van der Waals surface area contributed by atoms with Gasteiger partial charge < -0.3 is 10.2 Å². The smallest absolute Gasteiger partial charge is 0.138 e. The topological polar surface area (TPSA) is 71.2 Å². The summed E-state index contributed by atoms with van der Waals surface area (Å²) in [5.74, 6) is 0.752. The Morgan fingerprint density at radius 2 is 2.00 bits per heavy atom. The zero-order valence-corrected chi connectivity index (χ0v) is 11.0. The van der Waals surface area contributed by atoms with Crippen LogP contribution in [0.3, 0.4) is 0 Å². The van der Waals surface area contributed by atoms with Crippen molar-refractivity contribution in [3.63, 3.8) is 0 Å². The maximum atomic E-state index is 10.6. The van der Waals surface area contributed by atoms with Gasteiger partial charge in [-0.1, -0.05) is 25.7 Å². The van der Waals surface area contributed by atoms with Gasteiger partial charge in [0.25, 0.3) is 0 Å². The van der Waals surface area contributed by atoms with E-state index in [-0.39, 0.29) is 0 Å². The Labute approximate surface area is 108 Å². The first-order valence-electron chi connectivity index (χ1n) is 6.93. The van der Waals surface area contributed by atoms with Gasteiger partial charge in [-0.25, -0.2) is 4.98 Å². The molecule has 1 aromatic heterocycles. The van der Waals surface area contributed by atoms with Crippen molar-refractivity contribution in [3.8, 4) is 0 Å². The zero-order valence-electron chi connectivity index (χ0n) is 11.0. The summed E-state index contributed by atoms with van der Waals surface area (Å²) in [6, 6.07) is 0. The van der Waals surface area contributed by atoms with Crippen molar-refractivity contribution >= 4 is 0 Å². The van der Waals surface area contributed by atoms with Crippen molar-refractivity contribution < 1.29 is 10.2 Å². The Morgan fingerprint density at radius 1 is 1.33 bits per heavy atom. The van der Waals surface area contributed by atoms with Crippen LogP contribution in [-0.2, 0) is 13.0 Å². The van der Waals surface area contributed by atoms with E-state index in [1.165, 1.54) is 6.33 Å². The van der Waals surface area contributed by atoms with Crippen molar-refractivity contribution in [2.45, 2.75) is 70.1 Å². The minimum Gasteiger partial charge on any atom is -0.390 e. The number of aliphatic hydroxyl groups excluding tert-OH is 1. The monoisotopic (exact) mass is 253 g/mol. The molecule has 18 heavy (non-hydrogen) atoms. The zero-order chi connectivity index (χ0) is 13.0. The molecular weight excluding hydrogens is 230 g/mol. The number of rotatable bonds is 4. The summed E-state index contributed by atoms with van der Waals surface area (Å²) >= 11 is 0. The molecule has 102 valence electrons. The molecule has 1 aliphatic carbocycles. The fraction of sp³-hybridized carbons (Fsp3) is 0.846. The molecular formula is C13H23N3O2. The van der Waals surface area contributed by atoms with Crippen LogP contribution < -0.4 is 0 Å². The van der Waals surface area contributed by atoms with E-state index in [0.29, 0.717) is 19.3 Å². The second-order valence-electron chi connectivity index (χ2n) is 5.23. The Morgan fingerprint density at radius 3 is 2.61 bits per heavy atom. The SMILES string of the molecule is CCn1ncnc1CC(O)C1(O)CCCCCC1. The molecule has 2 rings (SSSR count). The third kappa shape index (κ3) is 2.90. The fourth-order valence-electron chi connectivity index (χ4n) is 2.75. The average Bonchev–Trinajstić information content (AvgIpc) is 2.68. The Balaban J connectivity index is 2.03. The number of aryl methyl sites for hydroxylation is 1. The summed E-state index contributed by atoms with van der Waals surface area (Å²) < 4.78 is 1.77. The third-order valence-corrected chi connectivity index (χ3v) is 3.96. The first-order chi connectivity index (χ1) is 8.65. The number of aromatic nitrogens is 3. The second-order valence-corrected chi connectivity index (χ2v) is 5.23. The predicted molar refractivity (Wildman–Crippen MR) is 68.1 cm³/mol. The van der Waals surface area contributed by atoms with E-state index in [2.05, 4.69) is 10.1 Å². The summed E-state index contributed by atoms with van der Waals surface area (Å²) in [5, 5.41) is 25.0. The van der Waals surface area contributed by atoms with E-state index in [4.69, 9.17) is 0 Å². The van der Waals surface area contributed by atoms with Crippen LogP contribution in [0.2, 0.25) is 0 Å². The molecule has 1 heterocycles. The maximum Gasteiger partial charge on any atom is 0.138 e. The number of aliphatic hydroxyl groups is 2. The van der Waals surface area contributed by atoms with Gasteiger partial charge in [0.2, 0.25) is 0 Å². The molecule has 0 aliphatic heterocycles. The molecule has 1 atom stereocenters. The Kier molecular flexibility index (Phi) is 4.35. The summed E-state index contributed by atoms with van der Waals surface area (Å²) in [7, 11) is 0. The normalized spacial score (nSPS) is 21.5. The molecule has 1 aromatic rings. The lowest BCUT2D eigenvalue weighted by atomic mass is 9.86. The highest BCUT2D eigenvalue weighted by atomic mass is 16.3. The molecule has 0 bridgehead atoms. The van der Waals surface area contributed by atoms with Gasteiger partial charge in [0, 0.05) is 13.0 Å². The van der Waals surface area contributed by atoms with E-state index < -0.39 is 11.7 Å². The van der Waals surface area contributed by atoms with Gasteiger partial charge in [-0.15, -0.1) is 0 Å². The minimum absolute atomic E-state index is 0.379. The van der Waals surface area contributed by atoms with E-state index >= 15 is 0 Å². The van der Waals surface area contributed by atoms with Gasteiger partial charge in [-0.05, 0) is 19.8 Å². The van der Waals surface area contributed by atoms with Crippen molar-refractivity contribution in [2.24, 2.45) is 0 Å². The van der Waals surface area contributed by atoms with Gasteiger partial charge in [0.1, 0.15) is 12.2 Å². The summed E-state index contributed by atoms with van der Waals surface area (Å²) in [6.07, 6.45) is 6.81. The first kappa shape index (κ1) is 13.5. The van der Waals surface area contributed by atoms with Gasteiger partial charge >= 0.3 is 0 Å². The van der Waals surface area contributed by atoms with Crippen LogP contribution in [0.4, 0.5) is 0 Å². The van der Waals surface area contributed by atoms with Crippen LogP contribution in [0, 0.1) is 0 Å². The molecule has 5 nitrogen and oxygen atoms in total. The molecule has 0 spiro atoms. The lowest BCUT2D eigenvalue weighted by Crippen LogP contribution is -2.43. The molecule has 1 fully saturated rings. The summed E-state index contributed by atoms with van der Waals surface area (Å²) in [5.41, 5.74) is -0.943. The lowest BCUT2D eigenvalue weighted by molar-refractivity contribution is -0.0846. The van der Waals surface area contributed by atoms with E-state index in [1.807, 2.05) is 6.92 Å². The Hall–Kier alpha value is -0.940. The summed E-state index contributed by atoms with van der Waals surface area (Å²) in [4.78, 5) is 4.16. The predicted octanol–water partition coefficient (Wildman–Crippen LogP) is 1.29. The number of nitrogens with zero attached hydrogens (tertiary/aromatic N) is 3. The molecule has 5 heteroatoms. The first-order valence-corrected chi connectivity index (χ1v) is 6.93. The van der Waals surface area contributed by atoms with Crippen LogP contribution >= 0.6 is 0 Å². The lowest BCUT2D eigenvalue weighted by Gasteiger charge is -2.31. The molecule has 0 aromatic carbocycles. The highest BCUT2D eigenvalue weighted by molar-refractivity contribution is 4.96. The molecule has 1 saturated carbocycles. The van der Waals surface area contributed by atoms with Crippen LogP contribution in [0.5, 0.6) is 0 Å². The van der Waals surface area contributed by atoms with Crippen LogP contribution in [0.1, 0.15) is 51.3 Å². The molecule has 0 amide bonds.